The molecule has 16 heavy (non-hydrogen) atoms. The number of hydrogen-bond donors (Lipinski definition) is 1. The van der Waals surface area contributed by atoms with Gasteiger partial charge in [-0.25, -0.2) is 4.79 Å². The van der Waals surface area contributed by atoms with Gasteiger partial charge in [0.05, 0.1) is 6.10 Å². The Balaban J connectivity index is 1.83. The summed E-state index contributed by atoms with van der Waals surface area (Å²) in [6.07, 6.45) is 6.01. The van der Waals surface area contributed by atoms with E-state index in [-0.39, 0.29) is 17.7 Å². The average Bonchev–Trinajstić information content (AvgIpc) is 2.24. The molecule has 0 aromatic heterocycles. The fourth-order valence-corrected chi connectivity index (χ4v) is 4.30. The van der Waals surface area contributed by atoms with Crippen molar-refractivity contribution >= 4 is 5.97 Å². The molecule has 0 aromatic rings. The minimum atomic E-state index is -0.309. The quantitative estimate of drug-likeness (QED) is 0.571. The number of rotatable bonds is 2. The standard InChI is InChI=1S/C13H18O3/c1-2-11(14)16-13-5-8-3-9(6-13)12(15)10(4-8)7-13/h2,8-10,12,15H,1,3-7H2. The van der Waals surface area contributed by atoms with Gasteiger partial charge >= 0.3 is 5.97 Å². The van der Waals surface area contributed by atoms with E-state index in [2.05, 4.69) is 6.58 Å². The molecule has 4 rings (SSSR count). The van der Waals surface area contributed by atoms with Gasteiger partial charge in [-0.2, -0.15) is 0 Å². The van der Waals surface area contributed by atoms with Crippen molar-refractivity contribution in [1.82, 2.24) is 0 Å². The van der Waals surface area contributed by atoms with Crippen molar-refractivity contribution in [3.8, 4) is 0 Å². The van der Waals surface area contributed by atoms with E-state index in [4.69, 9.17) is 4.74 Å². The average molecular weight is 222 g/mol. The Kier molecular flexibility index (Phi) is 2.15. The first kappa shape index (κ1) is 10.3. The highest BCUT2D eigenvalue weighted by molar-refractivity contribution is 5.81. The third kappa shape index (κ3) is 1.41. The lowest BCUT2D eigenvalue weighted by Crippen LogP contribution is -2.58. The summed E-state index contributed by atoms with van der Waals surface area (Å²) >= 11 is 0. The Bertz CT molecular complexity index is 320. The summed E-state index contributed by atoms with van der Waals surface area (Å²) < 4.78 is 5.58. The Morgan fingerprint density at radius 3 is 2.50 bits per heavy atom. The molecule has 4 bridgehead atoms. The van der Waals surface area contributed by atoms with Crippen LogP contribution in [0.25, 0.3) is 0 Å². The molecular formula is C13H18O3. The first-order valence-electron chi connectivity index (χ1n) is 6.15. The maximum atomic E-state index is 11.4. The van der Waals surface area contributed by atoms with Crippen molar-refractivity contribution in [2.45, 2.75) is 43.8 Å². The highest BCUT2D eigenvalue weighted by atomic mass is 16.6. The van der Waals surface area contributed by atoms with E-state index in [1.165, 1.54) is 6.08 Å². The summed E-state index contributed by atoms with van der Waals surface area (Å²) in [5.74, 6) is 1.04. The van der Waals surface area contributed by atoms with Gasteiger partial charge in [-0.15, -0.1) is 0 Å². The highest BCUT2D eigenvalue weighted by Gasteiger charge is 2.56. The molecule has 2 unspecified atom stereocenters. The number of carbonyl (C=O) groups excluding carboxylic acids is 1. The maximum Gasteiger partial charge on any atom is 0.330 e. The Morgan fingerprint density at radius 1 is 1.31 bits per heavy atom. The molecular weight excluding hydrogens is 204 g/mol. The molecule has 4 aliphatic carbocycles. The molecule has 1 N–H and O–H groups in total. The molecule has 3 heteroatoms. The third-order valence-electron chi connectivity index (χ3n) is 4.65. The van der Waals surface area contributed by atoms with Gasteiger partial charge in [-0.3, -0.25) is 0 Å². The van der Waals surface area contributed by atoms with Gasteiger partial charge in [0.1, 0.15) is 5.60 Å². The van der Waals surface area contributed by atoms with Gasteiger partial charge in [0, 0.05) is 6.08 Å². The molecule has 3 nitrogen and oxygen atoms in total. The normalized spacial score (nSPS) is 49.1. The zero-order chi connectivity index (χ0) is 11.3. The minimum Gasteiger partial charge on any atom is -0.456 e. The molecule has 0 amide bonds. The Hall–Kier alpha value is -0.830. The van der Waals surface area contributed by atoms with Gasteiger partial charge in [-0.1, -0.05) is 6.58 Å². The van der Waals surface area contributed by atoms with Crippen molar-refractivity contribution in [3.05, 3.63) is 12.7 Å². The minimum absolute atomic E-state index is 0.160. The molecule has 0 spiro atoms. The summed E-state index contributed by atoms with van der Waals surface area (Å²) in [7, 11) is 0. The predicted octanol–water partition coefficient (Wildman–Crippen LogP) is 1.66. The van der Waals surface area contributed by atoms with Crippen molar-refractivity contribution < 1.29 is 14.6 Å². The van der Waals surface area contributed by atoms with Crippen molar-refractivity contribution in [1.29, 1.82) is 0 Å². The monoisotopic (exact) mass is 222 g/mol. The Morgan fingerprint density at radius 2 is 1.94 bits per heavy atom. The van der Waals surface area contributed by atoms with Crippen LogP contribution in [-0.4, -0.2) is 22.8 Å². The van der Waals surface area contributed by atoms with Crippen LogP contribution < -0.4 is 0 Å². The van der Waals surface area contributed by atoms with Crippen LogP contribution in [0.1, 0.15) is 32.1 Å². The molecule has 0 heterocycles. The molecule has 0 radical (unpaired) electrons. The number of esters is 1. The van der Waals surface area contributed by atoms with Crippen molar-refractivity contribution in [3.63, 3.8) is 0 Å². The van der Waals surface area contributed by atoms with Gasteiger partial charge < -0.3 is 9.84 Å². The van der Waals surface area contributed by atoms with E-state index >= 15 is 0 Å². The van der Waals surface area contributed by atoms with E-state index in [1.54, 1.807) is 0 Å². The van der Waals surface area contributed by atoms with E-state index in [0.717, 1.165) is 32.1 Å². The van der Waals surface area contributed by atoms with Gasteiger partial charge in [0.15, 0.2) is 0 Å². The number of hydrogen-bond acceptors (Lipinski definition) is 3. The number of aliphatic hydroxyl groups excluding tert-OH is 1. The first-order chi connectivity index (χ1) is 7.62. The summed E-state index contributed by atoms with van der Waals surface area (Å²) in [6, 6.07) is 0. The zero-order valence-corrected chi connectivity index (χ0v) is 9.39. The van der Waals surface area contributed by atoms with Crippen LogP contribution >= 0.6 is 0 Å². The van der Waals surface area contributed by atoms with Crippen molar-refractivity contribution in [2.24, 2.45) is 17.8 Å². The van der Waals surface area contributed by atoms with Crippen LogP contribution in [0.15, 0.2) is 12.7 Å². The van der Waals surface area contributed by atoms with Crippen LogP contribution in [-0.2, 0) is 9.53 Å². The fourth-order valence-electron chi connectivity index (χ4n) is 4.30. The second kappa shape index (κ2) is 3.33. The van der Waals surface area contributed by atoms with Gasteiger partial charge in [0.25, 0.3) is 0 Å². The topological polar surface area (TPSA) is 46.5 Å². The largest absolute Gasteiger partial charge is 0.456 e. The summed E-state index contributed by atoms with van der Waals surface area (Å²) in [5, 5.41) is 10.1. The van der Waals surface area contributed by atoms with Crippen LogP contribution in [0.3, 0.4) is 0 Å². The highest BCUT2D eigenvalue weighted by Crippen LogP contribution is 2.57. The Labute approximate surface area is 95.5 Å². The SMILES string of the molecule is C=CC(=O)OC12CC3CC(C1)C(O)C(C3)C2. The van der Waals surface area contributed by atoms with Crippen LogP contribution in [0, 0.1) is 17.8 Å². The van der Waals surface area contributed by atoms with E-state index in [9.17, 15) is 9.90 Å². The molecule has 4 saturated carbocycles. The smallest absolute Gasteiger partial charge is 0.330 e. The second-order valence-electron chi connectivity index (χ2n) is 5.77. The lowest BCUT2D eigenvalue weighted by atomic mass is 9.53. The lowest BCUT2D eigenvalue weighted by molar-refractivity contribution is -0.202. The zero-order valence-electron chi connectivity index (χ0n) is 9.39. The third-order valence-corrected chi connectivity index (χ3v) is 4.65. The number of carbonyl (C=O) groups is 1. The van der Waals surface area contributed by atoms with E-state index in [0.29, 0.717) is 17.8 Å². The van der Waals surface area contributed by atoms with E-state index in [1.807, 2.05) is 0 Å². The first-order valence-corrected chi connectivity index (χ1v) is 6.15. The predicted molar refractivity (Wildman–Crippen MR) is 58.6 cm³/mol. The molecule has 88 valence electrons. The number of ether oxygens (including phenoxy) is 1. The molecule has 0 saturated heterocycles. The molecule has 4 aliphatic rings. The van der Waals surface area contributed by atoms with Crippen LogP contribution in [0.2, 0.25) is 0 Å². The molecule has 0 aliphatic heterocycles. The number of aliphatic hydroxyl groups is 1. The van der Waals surface area contributed by atoms with E-state index < -0.39 is 0 Å². The maximum absolute atomic E-state index is 11.4. The summed E-state index contributed by atoms with van der Waals surface area (Å²) in [5.41, 5.74) is -0.277. The van der Waals surface area contributed by atoms with Crippen LogP contribution in [0.4, 0.5) is 0 Å². The fraction of sp³-hybridized carbons (Fsp3) is 0.769. The molecule has 0 aromatic carbocycles. The van der Waals surface area contributed by atoms with Gasteiger partial charge in [-0.05, 0) is 49.9 Å². The molecule has 4 fully saturated rings. The van der Waals surface area contributed by atoms with Crippen molar-refractivity contribution in [2.75, 3.05) is 0 Å². The van der Waals surface area contributed by atoms with Crippen LogP contribution in [0.5, 0.6) is 0 Å². The second-order valence-corrected chi connectivity index (χ2v) is 5.77. The molecule has 2 atom stereocenters. The van der Waals surface area contributed by atoms with Gasteiger partial charge in [0.2, 0.25) is 0 Å². The lowest BCUT2D eigenvalue weighted by Gasteiger charge is -2.57. The summed E-state index contributed by atoms with van der Waals surface area (Å²) in [4.78, 5) is 11.4. The summed E-state index contributed by atoms with van der Waals surface area (Å²) in [6.45, 7) is 3.45.